The van der Waals surface area contributed by atoms with Gasteiger partial charge in [0.25, 0.3) is 0 Å². The number of rotatable bonds is 11. The standard InChI is InChI=1S/C23H31N3O4/c1-7-13-30-20(27)22(3,4)14-19(15-23(5,8-2)21(28)29-6)18-11-9-17(10-12-18)16-25-26-24/h1,9-12,19H,8,13-16H2,2-6H3. The topological polar surface area (TPSA) is 101 Å². The Labute approximate surface area is 178 Å². The molecule has 0 spiro atoms. The zero-order chi connectivity index (χ0) is 22.8. The van der Waals surface area contributed by atoms with Gasteiger partial charge in [0.05, 0.1) is 24.5 Å². The normalized spacial score (nSPS) is 13.9. The summed E-state index contributed by atoms with van der Waals surface area (Å²) in [6.45, 7) is 7.65. The maximum Gasteiger partial charge on any atom is 0.312 e. The predicted molar refractivity (Wildman–Crippen MR) is 115 cm³/mol. The first kappa shape index (κ1) is 25.1. The molecule has 1 aromatic carbocycles. The minimum absolute atomic E-state index is 0.0735. The molecule has 7 heteroatoms. The summed E-state index contributed by atoms with van der Waals surface area (Å²) in [6, 6.07) is 7.68. The Morgan fingerprint density at radius 3 is 2.33 bits per heavy atom. The Balaban J connectivity index is 3.24. The van der Waals surface area contributed by atoms with E-state index in [1.807, 2.05) is 52.0 Å². The summed E-state index contributed by atoms with van der Waals surface area (Å²) in [5.74, 6) is 1.56. The molecule has 0 aliphatic heterocycles. The van der Waals surface area contributed by atoms with Gasteiger partial charge >= 0.3 is 11.9 Å². The van der Waals surface area contributed by atoms with Crippen molar-refractivity contribution in [3.05, 3.63) is 45.8 Å². The maximum atomic E-state index is 12.5. The minimum atomic E-state index is -0.796. The van der Waals surface area contributed by atoms with Gasteiger partial charge in [0.1, 0.15) is 0 Å². The molecule has 0 aliphatic rings. The molecule has 0 bridgehead atoms. The lowest BCUT2D eigenvalue weighted by Gasteiger charge is -2.34. The van der Waals surface area contributed by atoms with Crippen LogP contribution in [0, 0.1) is 23.2 Å². The van der Waals surface area contributed by atoms with Crippen molar-refractivity contribution < 1.29 is 19.1 Å². The lowest BCUT2D eigenvalue weighted by molar-refractivity contribution is -0.154. The minimum Gasteiger partial charge on any atom is -0.469 e. The molecule has 0 radical (unpaired) electrons. The highest BCUT2D eigenvalue weighted by molar-refractivity contribution is 5.77. The zero-order valence-electron chi connectivity index (χ0n) is 18.5. The van der Waals surface area contributed by atoms with E-state index in [4.69, 9.17) is 21.4 Å². The highest BCUT2D eigenvalue weighted by Crippen LogP contribution is 2.42. The third kappa shape index (κ3) is 6.82. The highest BCUT2D eigenvalue weighted by atomic mass is 16.5. The van der Waals surface area contributed by atoms with Gasteiger partial charge in [-0.25, -0.2) is 0 Å². The summed E-state index contributed by atoms with van der Waals surface area (Å²) in [4.78, 5) is 27.8. The molecule has 0 aromatic heterocycles. The van der Waals surface area contributed by atoms with Crippen molar-refractivity contribution in [2.24, 2.45) is 15.9 Å². The van der Waals surface area contributed by atoms with E-state index in [1.165, 1.54) is 7.11 Å². The summed E-state index contributed by atoms with van der Waals surface area (Å²) in [5, 5.41) is 3.58. The molecule has 0 saturated carbocycles. The van der Waals surface area contributed by atoms with Crippen LogP contribution in [0.25, 0.3) is 10.4 Å². The Morgan fingerprint density at radius 1 is 1.20 bits per heavy atom. The van der Waals surface area contributed by atoms with Gasteiger partial charge in [-0.2, -0.15) is 0 Å². The van der Waals surface area contributed by atoms with Crippen LogP contribution in [-0.4, -0.2) is 25.7 Å². The van der Waals surface area contributed by atoms with Gasteiger partial charge in [-0.1, -0.05) is 42.2 Å². The van der Waals surface area contributed by atoms with Crippen LogP contribution in [0.4, 0.5) is 0 Å². The number of hydrogen-bond acceptors (Lipinski definition) is 5. The number of methoxy groups -OCH3 is 1. The molecule has 0 aliphatic carbocycles. The van der Waals surface area contributed by atoms with Crippen LogP contribution < -0.4 is 0 Å². The summed E-state index contributed by atoms with van der Waals surface area (Å²) < 4.78 is 10.2. The van der Waals surface area contributed by atoms with Gasteiger partial charge in [-0.05, 0) is 62.6 Å². The van der Waals surface area contributed by atoms with E-state index in [9.17, 15) is 9.59 Å². The lowest BCUT2D eigenvalue weighted by atomic mass is 9.71. The average molecular weight is 414 g/mol. The molecule has 2 unspecified atom stereocenters. The Morgan fingerprint density at radius 2 is 1.83 bits per heavy atom. The molecular weight excluding hydrogens is 382 g/mol. The van der Waals surface area contributed by atoms with Crippen LogP contribution in [0.15, 0.2) is 29.4 Å². The van der Waals surface area contributed by atoms with E-state index in [0.717, 1.165) is 11.1 Å². The molecule has 0 saturated heterocycles. The monoisotopic (exact) mass is 413 g/mol. The second-order valence-electron chi connectivity index (χ2n) is 8.31. The first-order chi connectivity index (χ1) is 14.1. The maximum absolute atomic E-state index is 12.5. The fourth-order valence-corrected chi connectivity index (χ4v) is 3.48. The lowest BCUT2D eigenvalue weighted by Crippen LogP contribution is -2.34. The Bertz CT molecular complexity index is 820. The van der Waals surface area contributed by atoms with E-state index in [0.29, 0.717) is 19.3 Å². The number of azide groups is 1. The van der Waals surface area contributed by atoms with E-state index < -0.39 is 10.8 Å². The molecule has 1 rings (SSSR count). The van der Waals surface area contributed by atoms with E-state index >= 15 is 0 Å². The number of carbonyl (C=O) groups is 2. The summed E-state index contributed by atoms with van der Waals surface area (Å²) in [6.07, 6.45) is 6.79. The Kier molecular flexibility index (Phi) is 9.42. The second-order valence-corrected chi connectivity index (χ2v) is 8.31. The van der Waals surface area contributed by atoms with E-state index in [-0.39, 0.29) is 31.0 Å². The van der Waals surface area contributed by atoms with Crippen LogP contribution in [0.1, 0.15) is 64.0 Å². The zero-order valence-corrected chi connectivity index (χ0v) is 18.5. The molecule has 0 heterocycles. The predicted octanol–water partition coefficient (Wildman–Crippen LogP) is 5.15. The summed E-state index contributed by atoms with van der Waals surface area (Å²) in [7, 11) is 1.39. The van der Waals surface area contributed by atoms with Crippen LogP contribution in [0.5, 0.6) is 0 Å². The molecule has 7 nitrogen and oxygen atoms in total. The van der Waals surface area contributed by atoms with Crippen molar-refractivity contribution >= 4 is 11.9 Å². The first-order valence-corrected chi connectivity index (χ1v) is 9.92. The molecule has 1 aromatic rings. The van der Waals surface area contributed by atoms with Gasteiger partial charge in [0.2, 0.25) is 0 Å². The van der Waals surface area contributed by atoms with Gasteiger partial charge < -0.3 is 9.47 Å². The van der Waals surface area contributed by atoms with Crippen molar-refractivity contribution in [3.63, 3.8) is 0 Å². The van der Waals surface area contributed by atoms with Crippen LogP contribution in [0.3, 0.4) is 0 Å². The highest BCUT2D eigenvalue weighted by Gasteiger charge is 2.39. The van der Waals surface area contributed by atoms with Crippen molar-refractivity contribution in [2.45, 2.75) is 59.4 Å². The number of hydrogen-bond donors (Lipinski definition) is 0. The van der Waals surface area contributed by atoms with Crippen LogP contribution >= 0.6 is 0 Å². The van der Waals surface area contributed by atoms with Crippen molar-refractivity contribution in [1.29, 1.82) is 0 Å². The van der Waals surface area contributed by atoms with Crippen LogP contribution in [0.2, 0.25) is 0 Å². The van der Waals surface area contributed by atoms with Crippen LogP contribution in [-0.2, 0) is 25.6 Å². The molecule has 30 heavy (non-hydrogen) atoms. The quantitative estimate of drug-likeness (QED) is 0.164. The molecule has 0 N–H and O–H groups in total. The van der Waals surface area contributed by atoms with Gasteiger partial charge in [0, 0.05) is 4.91 Å². The van der Waals surface area contributed by atoms with Gasteiger partial charge in [0.15, 0.2) is 6.61 Å². The number of terminal acetylenes is 1. The SMILES string of the molecule is C#CCOC(=O)C(C)(C)CC(CC(C)(CC)C(=O)OC)c1ccc(CN=[N+]=[N-])cc1. The number of nitrogens with zero attached hydrogens (tertiary/aromatic N) is 3. The third-order valence-corrected chi connectivity index (χ3v) is 5.52. The second kappa shape index (κ2) is 11.3. The fourth-order valence-electron chi connectivity index (χ4n) is 3.48. The summed E-state index contributed by atoms with van der Waals surface area (Å²) >= 11 is 0. The van der Waals surface area contributed by atoms with E-state index in [1.54, 1.807) is 0 Å². The van der Waals surface area contributed by atoms with Crippen molar-refractivity contribution in [3.8, 4) is 12.3 Å². The summed E-state index contributed by atoms with van der Waals surface area (Å²) in [5.41, 5.74) is 8.88. The molecule has 0 amide bonds. The molecular formula is C23H31N3O4. The van der Waals surface area contributed by atoms with E-state index in [2.05, 4.69) is 15.9 Å². The van der Waals surface area contributed by atoms with Crippen molar-refractivity contribution in [2.75, 3.05) is 13.7 Å². The molecule has 162 valence electrons. The number of carbonyl (C=O) groups excluding carboxylic acids is 2. The van der Waals surface area contributed by atoms with Crippen molar-refractivity contribution in [1.82, 2.24) is 0 Å². The first-order valence-electron chi connectivity index (χ1n) is 9.92. The fraction of sp³-hybridized carbons (Fsp3) is 0.565. The number of esters is 2. The third-order valence-electron chi connectivity index (χ3n) is 5.52. The van der Waals surface area contributed by atoms with Gasteiger partial charge in [-0.3, -0.25) is 9.59 Å². The molecule has 2 atom stereocenters. The number of ether oxygens (including phenoxy) is 2. The van der Waals surface area contributed by atoms with Gasteiger partial charge in [-0.15, -0.1) is 6.42 Å². The number of benzene rings is 1. The Hall–Kier alpha value is -2.97. The molecule has 0 fully saturated rings. The smallest absolute Gasteiger partial charge is 0.312 e. The largest absolute Gasteiger partial charge is 0.469 e. The average Bonchev–Trinajstić information content (AvgIpc) is 2.74.